The molecule has 0 spiro atoms. The molecule has 3 amide bonds. The van der Waals surface area contributed by atoms with E-state index < -0.39 is 0 Å². The number of nitrogens with zero attached hydrogens (tertiary/aromatic N) is 1. The van der Waals surface area contributed by atoms with Crippen LogP contribution in [0.2, 0.25) is 0 Å². The van der Waals surface area contributed by atoms with Gasteiger partial charge in [0, 0.05) is 30.8 Å². The Kier molecular flexibility index (Phi) is 5.36. The van der Waals surface area contributed by atoms with E-state index in [9.17, 15) is 9.59 Å². The molecule has 1 aromatic rings. The van der Waals surface area contributed by atoms with Gasteiger partial charge in [-0.15, -0.1) is 0 Å². The summed E-state index contributed by atoms with van der Waals surface area (Å²) in [6.45, 7) is 1.52. The number of fused-ring (bicyclic) bond motifs is 1. The summed E-state index contributed by atoms with van der Waals surface area (Å²) in [7, 11) is 0. The summed E-state index contributed by atoms with van der Waals surface area (Å²) in [6.07, 6.45) is 7.24. The fourth-order valence-corrected chi connectivity index (χ4v) is 4.09. The van der Waals surface area contributed by atoms with Crippen molar-refractivity contribution in [2.45, 2.75) is 57.0 Å². The average molecular weight is 373 g/mol. The van der Waals surface area contributed by atoms with Crippen molar-refractivity contribution >= 4 is 17.6 Å². The number of benzene rings is 1. The minimum atomic E-state index is -0.184. The maximum atomic E-state index is 12.5. The van der Waals surface area contributed by atoms with Gasteiger partial charge in [-0.1, -0.05) is 25.7 Å². The number of rotatable bonds is 3. The predicted octanol–water partition coefficient (Wildman–Crippen LogP) is 2.59. The lowest BCUT2D eigenvalue weighted by Gasteiger charge is -2.22. The van der Waals surface area contributed by atoms with E-state index in [2.05, 4.69) is 10.6 Å². The second kappa shape index (κ2) is 8.06. The normalized spacial score (nSPS) is 23.0. The van der Waals surface area contributed by atoms with E-state index in [4.69, 9.17) is 9.47 Å². The van der Waals surface area contributed by atoms with Crippen molar-refractivity contribution in [3.63, 3.8) is 0 Å². The van der Waals surface area contributed by atoms with E-state index in [1.54, 1.807) is 4.90 Å². The highest BCUT2D eigenvalue weighted by atomic mass is 16.6. The van der Waals surface area contributed by atoms with Gasteiger partial charge in [0.05, 0.1) is 6.04 Å². The molecule has 2 aliphatic heterocycles. The van der Waals surface area contributed by atoms with Crippen LogP contribution in [0.15, 0.2) is 18.2 Å². The molecule has 2 fully saturated rings. The zero-order valence-corrected chi connectivity index (χ0v) is 15.5. The van der Waals surface area contributed by atoms with Gasteiger partial charge < -0.3 is 25.0 Å². The molecule has 1 saturated heterocycles. The van der Waals surface area contributed by atoms with E-state index in [0.29, 0.717) is 37.7 Å². The number of carbonyl (C=O) groups excluding carboxylic acids is 2. The Balaban J connectivity index is 1.34. The summed E-state index contributed by atoms with van der Waals surface area (Å²) in [5, 5.41) is 6.05. The first-order chi connectivity index (χ1) is 13.2. The highest BCUT2D eigenvalue weighted by Gasteiger charge is 2.32. The Morgan fingerprint density at radius 2 is 1.67 bits per heavy atom. The van der Waals surface area contributed by atoms with Crippen LogP contribution in [-0.2, 0) is 4.79 Å². The third-order valence-corrected chi connectivity index (χ3v) is 5.49. The fourth-order valence-electron chi connectivity index (χ4n) is 4.09. The number of anilines is 1. The Bertz CT molecular complexity index is 700. The number of urea groups is 1. The molecule has 7 nitrogen and oxygen atoms in total. The second-order valence-electron chi connectivity index (χ2n) is 7.54. The zero-order valence-electron chi connectivity index (χ0n) is 15.5. The van der Waals surface area contributed by atoms with Crippen molar-refractivity contribution in [3.8, 4) is 11.5 Å². The van der Waals surface area contributed by atoms with E-state index >= 15 is 0 Å². The van der Waals surface area contributed by atoms with Crippen molar-refractivity contribution < 1.29 is 19.1 Å². The molecule has 7 heteroatoms. The van der Waals surface area contributed by atoms with Crippen molar-refractivity contribution in [1.29, 1.82) is 0 Å². The lowest BCUT2D eigenvalue weighted by molar-refractivity contribution is -0.117. The number of nitrogens with one attached hydrogen (secondary N) is 2. The molecule has 1 aromatic carbocycles. The minimum Gasteiger partial charge on any atom is -0.486 e. The maximum absolute atomic E-state index is 12.5. The third kappa shape index (κ3) is 4.28. The average Bonchev–Trinajstić information content (AvgIpc) is 2.86. The first kappa shape index (κ1) is 17.9. The zero-order chi connectivity index (χ0) is 18.6. The van der Waals surface area contributed by atoms with Crippen molar-refractivity contribution in [1.82, 2.24) is 10.6 Å². The van der Waals surface area contributed by atoms with E-state index in [-0.39, 0.29) is 24.0 Å². The monoisotopic (exact) mass is 373 g/mol. The van der Waals surface area contributed by atoms with Crippen LogP contribution in [0.1, 0.15) is 44.9 Å². The predicted molar refractivity (Wildman–Crippen MR) is 101 cm³/mol. The Morgan fingerprint density at radius 1 is 0.963 bits per heavy atom. The van der Waals surface area contributed by atoms with Gasteiger partial charge in [-0.2, -0.15) is 0 Å². The summed E-state index contributed by atoms with van der Waals surface area (Å²) in [4.78, 5) is 26.5. The highest BCUT2D eigenvalue weighted by Crippen LogP contribution is 2.35. The van der Waals surface area contributed by atoms with Crippen LogP contribution >= 0.6 is 0 Å². The number of amides is 3. The molecule has 1 aliphatic carbocycles. The van der Waals surface area contributed by atoms with Crippen LogP contribution in [0.4, 0.5) is 10.5 Å². The molecule has 0 bridgehead atoms. The van der Waals surface area contributed by atoms with Crippen molar-refractivity contribution in [3.05, 3.63) is 18.2 Å². The van der Waals surface area contributed by atoms with Crippen molar-refractivity contribution in [2.24, 2.45) is 0 Å². The molecule has 0 radical (unpaired) electrons. The van der Waals surface area contributed by atoms with Gasteiger partial charge in [0.25, 0.3) is 0 Å². The Morgan fingerprint density at radius 3 is 2.44 bits per heavy atom. The van der Waals surface area contributed by atoms with E-state index in [0.717, 1.165) is 18.5 Å². The summed E-state index contributed by atoms with van der Waals surface area (Å²) in [5.74, 6) is 1.37. The van der Waals surface area contributed by atoms with Crippen LogP contribution in [0.3, 0.4) is 0 Å². The first-order valence-corrected chi connectivity index (χ1v) is 9.96. The molecule has 0 aromatic heterocycles. The molecule has 3 aliphatic rings. The number of hydrogen-bond acceptors (Lipinski definition) is 4. The van der Waals surface area contributed by atoms with Gasteiger partial charge in [-0.25, -0.2) is 4.79 Å². The van der Waals surface area contributed by atoms with Gasteiger partial charge in [-0.3, -0.25) is 4.79 Å². The van der Waals surface area contributed by atoms with Gasteiger partial charge in [-0.05, 0) is 25.0 Å². The maximum Gasteiger partial charge on any atom is 0.315 e. The van der Waals surface area contributed by atoms with Gasteiger partial charge in [0.1, 0.15) is 13.2 Å². The SMILES string of the molecule is O=C(NC1CCCCCC1)N[C@H]1CC(=O)N(c2ccc3c(c2)OCCO3)C1. The quantitative estimate of drug-likeness (QED) is 0.798. The van der Waals surface area contributed by atoms with Crippen LogP contribution in [0.25, 0.3) is 0 Å². The van der Waals surface area contributed by atoms with Gasteiger partial charge in [0.15, 0.2) is 11.5 Å². The fraction of sp³-hybridized carbons (Fsp3) is 0.600. The highest BCUT2D eigenvalue weighted by molar-refractivity contribution is 5.97. The lowest BCUT2D eigenvalue weighted by Crippen LogP contribution is -2.47. The van der Waals surface area contributed by atoms with Gasteiger partial charge >= 0.3 is 6.03 Å². The molecule has 146 valence electrons. The summed E-state index contributed by atoms with van der Waals surface area (Å²) < 4.78 is 11.1. The Hall–Kier alpha value is -2.44. The summed E-state index contributed by atoms with van der Waals surface area (Å²) in [6, 6.07) is 5.43. The number of ether oxygens (including phenoxy) is 2. The molecule has 2 N–H and O–H groups in total. The molecular weight excluding hydrogens is 346 g/mol. The largest absolute Gasteiger partial charge is 0.486 e. The van der Waals surface area contributed by atoms with Gasteiger partial charge in [0.2, 0.25) is 5.91 Å². The molecular formula is C20H27N3O4. The molecule has 1 saturated carbocycles. The minimum absolute atomic E-state index is 0.00597. The van der Waals surface area contributed by atoms with Crippen LogP contribution in [-0.4, -0.2) is 43.8 Å². The summed E-state index contributed by atoms with van der Waals surface area (Å²) in [5.41, 5.74) is 0.776. The van der Waals surface area contributed by atoms with E-state index in [1.807, 2.05) is 18.2 Å². The van der Waals surface area contributed by atoms with E-state index in [1.165, 1.54) is 25.7 Å². The van der Waals surface area contributed by atoms with Crippen molar-refractivity contribution in [2.75, 3.05) is 24.7 Å². The van der Waals surface area contributed by atoms with Crippen LogP contribution in [0.5, 0.6) is 11.5 Å². The smallest absolute Gasteiger partial charge is 0.315 e. The van der Waals surface area contributed by atoms with Crippen LogP contribution < -0.4 is 25.0 Å². The molecule has 2 heterocycles. The van der Waals surface area contributed by atoms with Crippen LogP contribution in [0, 0.1) is 0 Å². The molecule has 0 unspecified atom stereocenters. The Labute approximate surface area is 159 Å². The topological polar surface area (TPSA) is 79.9 Å². The second-order valence-corrected chi connectivity index (χ2v) is 7.54. The number of hydrogen-bond donors (Lipinski definition) is 2. The third-order valence-electron chi connectivity index (χ3n) is 5.49. The molecule has 27 heavy (non-hydrogen) atoms. The standard InChI is InChI=1S/C20H27N3O4/c24-19-11-15(22-20(25)21-14-5-3-1-2-4-6-14)13-23(19)16-7-8-17-18(12-16)27-10-9-26-17/h7-8,12,14-15H,1-6,9-11,13H2,(H2,21,22,25)/t15-/m0/s1. The lowest BCUT2D eigenvalue weighted by atomic mass is 10.1. The summed E-state index contributed by atoms with van der Waals surface area (Å²) >= 11 is 0. The first-order valence-electron chi connectivity index (χ1n) is 9.96. The number of carbonyl (C=O) groups is 2. The molecule has 1 atom stereocenters. The molecule has 4 rings (SSSR count).